The Morgan fingerprint density at radius 2 is 1.50 bits per heavy atom. The lowest BCUT2D eigenvalue weighted by Gasteiger charge is -2.26. The summed E-state index contributed by atoms with van der Waals surface area (Å²) in [4.78, 5) is 0. The van der Waals surface area contributed by atoms with E-state index in [4.69, 9.17) is 0 Å². The molecule has 1 unspecified atom stereocenters. The van der Waals surface area contributed by atoms with Gasteiger partial charge in [-0.25, -0.2) is 0 Å². The summed E-state index contributed by atoms with van der Waals surface area (Å²) in [6.45, 7) is 3.98. The lowest BCUT2D eigenvalue weighted by molar-refractivity contribution is 0.385. The van der Waals surface area contributed by atoms with Gasteiger partial charge in [0.15, 0.2) is 0 Å². The maximum atomic E-state index is 3.98. The van der Waals surface area contributed by atoms with Crippen LogP contribution in [0.5, 0.6) is 0 Å². The minimum absolute atomic E-state index is 0.688. The van der Waals surface area contributed by atoms with Crippen molar-refractivity contribution in [2.45, 2.75) is 70.6 Å². The van der Waals surface area contributed by atoms with E-state index in [0.717, 1.165) is 18.3 Å². The van der Waals surface area contributed by atoms with Gasteiger partial charge in [-0.15, -0.1) is 6.58 Å². The first-order valence-corrected chi connectivity index (χ1v) is 8.92. The van der Waals surface area contributed by atoms with Gasteiger partial charge in [-0.2, -0.15) is 0 Å². The molecule has 0 aromatic heterocycles. The standard InChI is InChI=1S/C20H30/c1-2-9-18-14-19(16-10-5-3-6-11-16)15-20(18)17-12-7-4-8-13-17/h2,14-18H,1,3-13H2. The summed E-state index contributed by atoms with van der Waals surface area (Å²) in [5, 5.41) is 0. The molecule has 0 radical (unpaired) electrons. The van der Waals surface area contributed by atoms with Crippen molar-refractivity contribution in [2.24, 2.45) is 17.8 Å². The molecule has 3 aliphatic rings. The van der Waals surface area contributed by atoms with Gasteiger partial charge in [-0.3, -0.25) is 0 Å². The molecule has 2 fully saturated rings. The third kappa shape index (κ3) is 3.10. The molecule has 0 N–H and O–H groups in total. The van der Waals surface area contributed by atoms with Crippen molar-refractivity contribution in [3.8, 4) is 0 Å². The van der Waals surface area contributed by atoms with Crippen molar-refractivity contribution in [3.05, 3.63) is 36.0 Å². The van der Waals surface area contributed by atoms with Crippen LogP contribution in [-0.2, 0) is 0 Å². The number of hydrogen-bond acceptors (Lipinski definition) is 0. The largest absolute Gasteiger partial charge is 0.103 e. The molecule has 0 nitrogen and oxygen atoms in total. The van der Waals surface area contributed by atoms with Gasteiger partial charge < -0.3 is 0 Å². The fourth-order valence-electron chi connectivity index (χ4n) is 4.61. The zero-order valence-electron chi connectivity index (χ0n) is 12.9. The topological polar surface area (TPSA) is 0 Å². The highest BCUT2D eigenvalue weighted by molar-refractivity contribution is 5.39. The van der Waals surface area contributed by atoms with Crippen LogP contribution >= 0.6 is 0 Å². The Hall–Kier alpha value is -0.780. The third-order valence-electron chi connectivity index (χ3n) is 5.73. The lowest BCUT2D eigenvalue weighted by Crippen LogP contribution is -2.13. The van der Waals surface area contributed by atoms with Gasteiger partial charge in [0.2, 0.25) is 0 Å². The van der Waals surface area contributed by atoms with E-state index in [1.807, 2.05) is 0 Å². The van der Waals surface area contributed by atoms with Crippen molar-refractivity contribution < 1.29 is 0 Å². The molecular weight excluding hydrogens is 240 g/mol. The van der Waals surface area contributed by atoms with Crippen molar-refractivity contribution in [2.75, 3.05) is 0 Å². The monoisotopic (exact) mass is 270 g/mol. The van der Waals surface area contributed by atoms with Crippen LogP contribution in [0.15, 0.2) is 36.0 Å². The van der Waals surface area contributed by atoms with Crippen LogP contribution in [0.2, 0.25) is 0 Å². The van der Waals surface area contributed by atoms with Gasteiger partial charge in [0.05, 0.1) is 0 Å². The summed E-state index contributed by atoms with van der Waals surface area (Å²) in [6.07, 6.45) is 22.9. The number of rotatable bonds is 4. The van der Waals surface area contributed by atoms with Crippen LogP contribution in [0.1, 0.15) is 70.6 Å². The molecule has 3 rings (SSSR count). The van der Waals surface area contributed by atoms with Gasteiger partial charge >= 0.3 is 0 Å². The Morgan fingerprint density at radius 1 is 0.900 bits per heavy atom. The molecule has 0 aromatic rings. The maximum Gasteiger partial charge on any atom is 0.00231 e. The van der Waals surface area contributed by atoms with Crippen LogP contribution in [0.25, 0.3) is 0 Å². The number of allylic oxidation sites excluding steroid dienone is 5. The average molecular weight is 270 g/mol. The van der Waals surface area contributed by atoms with E-state index in [1.165, 1.54) is 64.2 Å². The van der Waals surface area contributed by atoms with Gasteiger partial charge in [0.25, 0.3) is 0 Å². The second kappa shape index (κ2) is 6.78. The molecule has 0 heteroatoms. The van der Waals surface area contributed by atoms with E-state index in [0.29, 0.717) is 5.92 Å². The van der Waals surface area contributed by atoms with Crippen molar-refractivity contribution >= 4 is 0 Å². The predicted octanol–water partition coefficient (Wildman–Crippen LogP) is 6.21. The molecule has 0 heterocycles. The fraction of sp³-hybridized carbons (Fsp3) is 0.700. The van der Waals surface area contributed by atoms with Crippen LogP contribution in [0.3, 0.4) is 0 Å². The second-order valence-corrected chi connectivity index (χ2v) is 7.11. The van der Waals surface area contributed by atoms with Crippen molar-refractivity contribution in [1.29, 1.82) is 0 Å². The Labute approximate surface area is 125 Å². The lowest BCUT2D eigenvalue weighted by atomic mass is 9.79. The SMILES string of the molecule is C=CCC1C=C(C2CCCCC2)C=C1C1CCCCC1. The second-order valence-electron chi connectivity index (χ2n) is 7.11. The van der Waals surface area contributed by atoms with E-state index >= 15 is 0 Å². The number of hydrogen-bond donors (Lipinski definition) is 0. The average Bonchev–Trinajstić information content (AvgIpc) is 2.94. The molecule has 0 aliphatic heterocycles. The van der Waals surface area contributed by atoms with E-state index in [9.17, 15) is 0 Å². The van der Waals surface area contributed by atoms with Crippen LogP contribution in [-0.4, -0.2) is 0 Å². The summed E-state index contributed by atoms with van der Waals surface area (Å²) in [5.41, 5.74) is 3.46. The minimum atomic E-state index is 0.688. The molecule has 0 bridgehead atoms. The molecule has 0 aromatic carbocycles. The highest BCUT2D eigenvalue weighted by atomic mass is 14.3. The van der Waals surface area contributed by atoms with E-state index in [1.54, 1.807) is 11.1 Å². The fourth-order valence-corrected chi connectivity index (χ4v) is 4.61. The normalized spacial score (nSPS) is 29.1. The summed E-state index contributed by atoms with van der Waals surface area (Å²) < 4.78 is 0. The molecule has 0 spiro atoms. The van der Waals surface area contributed by atoms with Gasteiger partial charge in [-0.1, -0.05) is 62.3 Å². The summed E-state index contributed by atoms with van der Waals surface area (Å²) in [5.74, 6) is 2.44. The van der Waals surface area contributed by atoms with E-state index in [2.05, 4.69) is 24.8 Å². The zero-order valence-corrected chi connectivity index (χ0v) is 12.9. The van der Waals surface area contributed by atoms with Crippen LogP contribution < -0.4 is 0 Å². The third-order valence-corrected chi connectivity index (χ3v) is 5.73. The highest BCUT2D eigenvalue weighted by Gasteiger charge is 2.29. The van der Waals surface area contributed by atoms with Crippen LogP contribution in [0.4, 0.5) is 0 Å². The maximum absolute atomic E-state index is 3.98. The zero-order chi connectivity index (χ0) is 13.8. The molecule has 2 saturated carbocycles. The predicted molar refractivity (Wildman–Crippen MR) is 87.6 cm³/mol. The first-order chi connectivity index (χ1) is 9.88. The Balaban J connectivity index is 1.74. The molecule has 20 heavy (non-hydrogen) atoms. The minimum Gasteiger partial charge on any atom is -0.103 e. The molecule has 3 aliphatic carbocycles. The smallest absolute Gasteiger partial charge is 0.00231 e. The Bertz CT molecular complexity index is 386. The van der Waals surface area contributed by atoms with E-state index < -0.39 is 0 Å². The highest BCUT2D eigenvalue weighted by Crippen LogP contribution is 2.43. The summed E-state index contributed by atoms with van der Waals surface area (Å²) in [7, 11) is 0. The molecule has 110 valence electrons. The van der Waals surface area contributed by atoms with Crippen molar-refractivity contribution in [3.63, 3.8) is 0 Å². The Kier molecular flexibility index (Phi) is 4.81. The first-order valence-electron chi connectivity index (χ1n) is 8.92. The van der Waals surface area contributed by atoms with Gasteiger partial charge in [0, 0.05) is 5.92 Å². The van der Waals surface area contributed by atoms with Crippen LogP contribution in [0, 0.1) is 17.8 Å². The summed E-state index contributed by atoms with van der Waals surface area (Å²) in [6, 6.07) is 0. The van der Waals surface area contributed by atoms with Crippen molar-refractivity contribution in [1.82, 2.24) is 0 Å². The van der Waals surface area contributed by atoms with Gasteiger partial charge in [-0.05, 0) is 49.5 Å². The first kappa shape index (κ1) is 14.2. The Morgan fingerprint density at radius 3 is 2.10 bits per heavy atom. The van der Waals surface area contributed by atoms with E-state index in [-0.39, 0.29) is 0 Å². The quantitative estimate of drug-likeness (QED) is 0.533. The molecule has 0 saturated heterocycles. The summed E-state index contributed by atoms with van der Waals surface area (Å²) >= 11 is 0. The van der Waals surface area contributed by atoms with Gasteiger partial charge in [0.1, 0.15) is 0 Å². The molecule has 1 atom stereocenters. The molecular formula is C20H30. The molecule has 0 amide bonds.